The van der Waals surface area contributed by atoms with Crippen molar-refractivity contribution >= 4 is 17.4 Å². The van der Waals surface area contributed by atoms with Crippen molar-refractivity contribution in [3.63, 3.8) is 0 Å². The third-order valence-corrected chi connectivity index (χ3v) is 3.31. The molecule has 3 nitrogen and oxygen atoms in total. The summed E-state index contributed by atoms with van der Waals surface area (Å²) in [5.41, 5.74) is 0.988. The molecule has 0 spiro atoms. The van der Waals surface area contributed by atoms with E-state index in [4.69, 9.17) is 11.6 Å². The summed E-state index contributed by atoms with van der Waals surface area (Å²) in [7, 11) is 2.06. The predicted octanol–water partition coefficient (Wildman–Crippen LogP) is 3.16. The lowest BCUT2D eigenvalue weighted by Crippen LogP contribution is -2.21. The summed E-state index contributed by atoms with van der Waals surface area (Å²) in [5.74, 6) is 2.46. The molecule has 0 aromatic carbocycles. The lowest BCUT2D eigenvalue weighted by atomic mass is 10.3. The van der Waals surface area contributed by atoms with E-state index in [0.29, 0.717) is 11.1 Å². The molecule has 0 bridgehead atoms. The van der Waals surface area contributed by atoms with Crippen molar-refractivity contribution in [3.05, 3.63) is 16.5 Å². The van der Waals surface area contributed by atoms with Crippen LogP contribution < -0.4 is 4.90 Å². The van der Waals surface area contributed by atoms with Crippen molar-refractivity contribution in [1.82, 2.24) is 9.97 Å². The number of anilines is 1. The molecule has 4 heteroatoms. The van der Waals surface area contributed by atoms with Gasteiger partial charge in [-0.25, -0.2) is 9.97 Å². The van der Waals surface area contributed by atoms with Gasteiger partial charge in [-0.05, 0) is 26.2 Å². The number of aromatic nitrogens is 2. The SMILES string of the molecule is CCCN(C)c1nc(C2CC2)nc(Cl)c1C. The zero-order valence-electron chi connectivity index (χ0n) is 10.1. The van der Waals surface area contributed by atoms with Gasteiger partial charge in [0.25, 0.3) is 0 Å². The standard InChI is InChI=1S/C12H18ClN3/c1-4-7-16(3)12-8(2)10(13)14-11(15-12)9-5-6-9/h9H,4-7H2,1-3H3. The molecule has 1 aliphatic rings. The Labute approximate surface area is 102 Å². The Balaban J connectivity index is 2.33. The predicted molar refractivity (Wildman–Crippen MR) is 67.3 cm³/mol. The molecule has 0 atom stereocenters. The number of halogens is 1. The van der Waals surface area contributed by atoms with Gasteiger partial charge in [-0.3, -0.25) is 0 Å². The third-order valence-electron chi connectivity index (χ3n) is 2.94. The normalized spacial score (nSPS) is 15.2. The second-order valence-electron chi connectivity index (χ2n) is 4.52. The molecular formula is C12H18ClN3. The van der Waals surface area contributed by atoms with Crippen molar-refractivity contribution < 1.29 is 0 Å². The van der Waals surface area contributed by atoms with Gasteiger partial charge in [-0.1, -0.05) is 18.5 Å². The van der Waals surface area contributed by atoms with Crippen molar-refractivity contribution in [2.45, 2.75) is 39.0 Å². The monoisotopic (exact) mass is 239 g/mol. The van der Waals surface area contributed by atoms with Gasteiger partial charge in [0.2, 0.25) is 0 Å². The average Bonchev–Trinajstić information content (AvgIpc) is 3.05. The van der Waals surface area contributed by atoms with Gasteiger partial charge < -0.3 is 4.90 Å². The van der Waals surface area contributed by atoms with E-state index in [9.17, 15) is 0 Å². The van der Waals surface area contributed by atoms with Crippen LogP contribution in [0.25, 0.3) is 0 Å². The summed E-state index contributed by atoms with van der Waals surface area (Å²) < 4.78 is 0. The van der Waals surface area contributed by atoms with Gasteiger partial charge in [0.15, 0.2) is 0 Å². The zero-order valence-corrected chi connectivity index (χ0v) is 10.9. The molecule has 1 heterocycles. The molecule has 0 amide bonds. The minimum Gasteiger partial charge on any atom is -0.359 e. The summed E-state index contributed by atoms with van der Waals surface area (Å²) in [4.78, 5) is 11.2. The van der Waals surface area contributed by atoms with Crippen molar-refractivity contribution in [2.24, 2.45) is 0 Å². The van der Waals surface area contributed by atoms with Crippen molar-refractivity contribution in [2.75, 3.05) is 18.5 Å². The molecule has 16 heavy (non-hydrogen) atoms. The van der Waals surface area contributed by atoms with E-state index in [1.165, 1.54) is 12.8 Å². The van der Waals surface area contributed by atoms with Gasteiger partial charge >= 0.3 is 0 Å². The highest BCUT2D eigenvalue weighted by Crippen LogP contribution is 2.39. The van der Waals surface area contributed by atoms with Crippen LogP contribution in [0.1, 0.15) is 43.5 Å². The first kappa shape index (κ1) is 11.6. The molecule has 2 rings (SSSR count). The van der Waals surface area contributed by atoms with E-state index in [2.05, 4.69) is 28.8 Å². The lowest BCUT2D eigenvalue weighted by molar-refractivity contribution is 0.812. The minimum atomic E-state index is 0.548. The topological polar surface area (TPSA) is 29.0 Å². The van der Waals surface area contributed by atoms with Crippen molar-refractivity contribution in [1.29, 1.82) is 0 Å². The highest BCUT2D eigenvalue weighted by atomic mass is 35.5. The molecule has 1 fully saturated rings. The van der Waals surface area contributed by atoms with E-state index < -0.39 is 0 Å². The Morgan fingerprint density at radius 1 is 1.38 bits per heavy atom. The number of hydrogen-bond acceptors (Lipinski definition) is 3. The molecule has 0 unspecified atom stereocenters. The maximum absolute atomic E-state index is 6.16. The molecule has 88 valence electrons. The number of nitrogens with zero attached hydrogens (tertiary/aromatic N) is 3. The van der Waals surface area contributed by atoms with Crippen molar-refractivity contribution in [3.8, 4) is 0 Å². The highest BCUT2D eigenvalue weighted by Gasteiger charge is 2.28. The number of rotatable bonds is 4. The van der Waals surface area contributed by atoms with Crippen LogP contribution >= 0.6 is 11.6 Å². The van der Waals surface area contributed by atoms with Gasteiger partial charge in [0, 0.05) is 25.1 Å². The van der Waals surface area contributed by atoms with Crippen LogP contribution in [0.5, 0.6) is 0 Å². The highest BCUT2D eigenvalue weighted by molar-refractivity contribution is 6.30. The Hall–Kier alpha value is -0.830. The van der Waals surface area contributed by atoms with Gasteiger partial charge in [0.1, 0.15) is 16.8 Å². The fourth-order valence-corrected chi connectivity index (χ4v) is 2.00. The van der Waals surface area contributed by atoms with Gasteiger partial charge in [-0.15, -0.1) is 0 Å². The molecule has 0 saturated heterocycles. The second-order valence-corrected chi connectivity index (χ2v) is 4.88. The summed E-state index contributed by atoms with van der Waals surface area (Å²) in [5, 5.41) is 0.606. The molecule has 0 radical (unpaired) electrons. The van der Waals surface area contributed by atoms with E-state index in [-0.39, 0.29) is 0 Å². The van der Waals surface area contributed by atoms with Gasteiger partial charge in [-0.2, -0.15) is 0 Å². The minimum absolute atomic E-state index is 0.548. The number of hydrogen-bond donors (Lipinski definition) is 0. The maximum Gasteiger partial charge on any atom is 0.137 e. The van der Waals surface area contributed by atoms with Crippen LogP contribution in [0.4, 0.5) is 5.82 Å². The molecule has 1 aromatic heterocycles. The Bertz CT molecular complexity index is 388. The molecule has 1 aromatic rings. The van der Waals surface area contributed by atoms with Crippen LogP contribution in [0.2, 0.25) is 5.15 Å². The Morgan fingerprint density at radius 3 is 2.62 bits per heavy atom. The van der Waals surface area contributed by atoms with Gasteiger partial charge in [0.05, 0.1) is 0 Å². The van der Waals surface area contributed by atoms with Crippen LogP contribution in [0, 0.1) is 6.92 Å². The Morgan fingerprint density at radius 2 is 2.06 bits per heavy atom. The second kappa shape index (κ2) is 4.58. The van der Waals surface area contributed by atoms with Crippen LogP contribution in [-0.2, 0) is 0 Å². The molecule has 0 aliphatic heterocycles. The van der Waals surface area contributed by atoms with E-state index in [1.54, 1.807) is 0 Å². The summed E-state index contributed by atoms with van der Waals surface area (Å²) in [6.07, 6.45) is 3.52. The summed E-state index contributed by atoms with van der Waals surface area (Å²) in [6.45, 7) is 5.15. The fraction of sp³-hybridized carbons (Fsp3) is 0.667. The quantitative estimate of drug-likeness (QED) is 0.756. The first-order valence-corrected chi connectivity index (χ1v) is 6.26. The molecule has 1 aliphatic carbocycles. The third kappa shape index (κ3) is 2.29. The largest absolute Gasteiger partial charge is 0.359 e. The van der Waals surface area contributed by atoms with Crippen LogP contribution in [0.15, 0.2) is 0 Å². The maximum atomic E-state index is 6.16. The summed E-state index contributed by atoms with van der Waals surface area (Å²) >= 11 is 6.16. The van der Waals surface area contributed by atoms with Crippen LogP contribution in [-0.4, -0.2) is 23.6 Å². The first-order valence-electron chi connectivity index (χ1n) is 5.88. The fourth-order valence-electron chi connectivity index (χ4n) is 1.83. The Kier molecular flexibility index (Phi) is 3.33. The van der Waals surface area contributed by atoms with E-state index >= 15 is 0 Å². The average molecular weight is 240 g/mol. The molecule has 1 saturated carbocycles. The molecular weight excluding hydrogens is 222 g/mol. The summed E-state index contributed by atoms with van der Waals surface area (Å²) in [6, 6.07) is 0. The first-order chi connectivity index (χ1) is 7.63. The van der Waals surface area contributed by atoms with Crippen LogP contribution in [0.3, 0.4) is 0 Å². The smallest absolute Gasteiger partial charge is 0.137 e. The zero-order chi connectivity index (χ0) is 11.7. The lowest BCUT2D eigenvalue weighted by Gasteiger charge is -2.20. The van der Waals surface area contributed by atoms with E-state index in [1.807, 2.05) is 6.92 Å². The van der Waals surface area contributed by atoms with E-state index in [0.717, 1.165) is 30.2 Å². The molecule has 0 N–H and O–H groups in total.